The van der Waals surface area contributed by atoms with Crippen molar-refractivity contribution in [3.63, 3.8) is 0 Å². The molecular weight excluding hydrogens is 322 g/mol. The predicted molar refractivity (Wildman–Crippen MR) is 88.2 cm³/mol. The van der Waals surface area contributed by atoms with Gasteiger partial charge < -0.3 is 5.32 Å². The molecule has 1 aromatic heterocycles. The third-order valence-corrected chi connectivity index (χ3v) is 4.04. The minimum atomic E-state index is -0.116. The molecule has 0 spiro atoms. The molecule has 118 valence electrons. The summed E-state index contributed by atoms with van der Waals surface area (Å²) in [6.45, 7) is 6.82. The number of thioether (sulfide) groups is 1. The quantitative estimate of drug-likeness (QED) is 0.819. The molecule has 0 saturated carbocycles. The van der Waals surface area contributed by atoms with Gasteiger partial charge in [-0.2, -0.15) is 0 Å². The second-order valence-electron chi connectivity index (χ2n) is 5.33. The molecule has 1 heterocycles. The average molecular weight is 340 g/mol. The summed E-state index contributed by atoms with van der Waals surface area (Å²) in [5.74, 6) is 0.560. The van der Waals surface area contributed by atoms with E-state index in [9.17, 15) is 4.79 Å². The van der Waals surface area contributed by atoms with Crippen LogP contribution in [0.3, 0.4) is 0 Å². The number of carbonyl (C=O) groups excluding carboxylic acids is 1. The summed E-state index contributed by atoms with van der Waals surface area (Å²) < 4.78 is 1.72. The summed E-state index contributed by atoms with van der Waals surface area (Å²) in [4.78, 5) is 12.1. The van der Waals surface area contributed by atoms with Crippen molar-refractivity contribution >= 4 is 35.0 Å². The number of rotatable bonds is 6. The topological polar surface area (TPSA) is 72.7 Å². The van der Waals surface area contributed by atoms with Crippen LogP contribution in [-0.4, -0.2) is 31.9 Å². The molecule has 0 saturated heterocycles. The van der Waals surface area contributed by atoms with Gasteiger partial charge in [0.15, 0.2) is 0 Å². The van der Waals surface area contributed by atoms with Gasteiger partial charge in [-0.3, -0.25) is 4.79 Å². The molecule has 0 radical (unpaired) electrons. The van der Waals surface area contributed by atoms with Gasteiger partial charge in [0.1, 0.15) is 0 Å². The molecule has 6 nitrogen and oxygen atoms in total. The van der Waals surface area contributed by atoms with Crippen LogP contribution in [0, 0.1) is 12.8 Å². The Morgan fingerprint density at radius 3 is 2.95 bits per heavy atom. The Morgan fingerprint density at radius 2 is 2.23 bits per heavy atom. The van der Waals surface area contributed by atoms with Crippen molar-refractivity contribution in [2.24, 2.45) is 5.92 Å². The van der Waals surface area contributed by atoms with E-state index in [4.69, 9.17) is 11.6 Å². The number of hydrogen-bond donors (Lipinski definition) is 1. The Bertz CT molecular complexity index is 658. The average Bonchev–Trinajstić information content (AvgIpc) is 2.87. The SMILES string of the molecule is Cc1ccc(Cl)cc1NC(=O)CSc1nnnn1CC(C)C. The van der Waals surface area contributed by atoms with Gasteiger partial charge in [-0.25, -0.2) is 4.68 Å². The van der Waals surface area contributed by atoms with Gasteiger partial charge in [-0.1, -0.05) is 43.3 Å². The van der Waals surface area contributed by atoms with E-state index < -0.39 is 0 Å². The summed E-state index contributed by atoms with van der Waals surface area (Å²) in [5, 5.41) is 15.6. The highest BCUT2D eigenvalue weighted by Gasteiger charge is 2.12. The number of anilines is 1. The van der Waals surface area contributed by atoms with E-state index in [-0.39, 0.29) is 11.7 Å². The molecule has 1 N–H and O–H groups in total. The van der Waals surface area contributed by atoms with Gasteiger partial charge in [0.2, 0.25) is 11.1 Å². The van der Waals surface area contributed by atoms with E-state index in [1.165, 1.54) is 11.8 Å². The van der Waals surface area contributed by atoms with Gasteiger partial charge in [0, 0.05) is 17.3 Å². The lowest BCUT2D eigenvalue weighted by molar-refractivity contribution is -0.113. The molecule has 0 aliphatic rings. The van der Waals surface area contributed by atoms with Crippen LogP contribution in [0.2, 0.25) is 5.02 Å². The number of benzene rings is 1. The zero-order chi connectivity index (χ0) is 16.1. The van der Waals surface area contributed by atoms with Crippen molar-refractivity contribution in [2.45, 2.75) is 32.5 Å². The monoisotopic (exact) mass is 339 g/mol. The minimum absolute atomic E-state index is 0.116. The highest BCUT2D eigenvalue weighted by molar-refractivity contribution is 7.99. The van der Waals surface area contributed by atoms with Crippen molar-refractivity contribution in [3.05, 3.63) is 28.8 Å². The fraction of sp³-hybridized carbons (Fsp3) is 0.429. The fourth-order valence-electron chi connectivity index (χ4n) is 1.81. The Labute approximate surface area is 138 Å². The van der Waals surface area contributed by atoms with Gasteiger partial charge in [-0.05, 0) is 41.0 Å². The number of hydrogen-bond acceptors (Lipinski definition) is 5. The highest BCUT2D eigenvalue weighted by Crippen LogP contribution is 2.21. The molecule has 0 aliphatic heterocycles. The molecule has 8 heteroatoms. The third-order valence-electron chi connectivity index (χ3n) is 2.84. The maximum absolute atomic E-state index is 12.1. The number of tetrazole rings is 1. The molecule has 0 bridgehead atoms. The molecular formula is C14H18ClN5OS. The Hall–Kier alpha value is -1.60. The van der Waals surface area contributed by atoms with Crippen molar-refractivity contribution < 1.29 is 4.79 Å². The lowest BCUT2D eigenvalue weighted by Crippen LogP contribution is -2.16. The number of aromatic nitrogens is 4. The lowest BCUT2D eigenvalue weighted by atomic mass is 10.2. The number of nitrogens with zero attached hydrogens (tertiary/aromatic N) is 4. The molecule has 0 aliphatic carbocycles. The van der Waals surface area contributed by atoms with E-state index in [0.29, 0.717) is 16.1 Å². The van der Waals surface area contributed by atoms with E-state index in [1.807, 2.05) is 13.0 Å². The van der Waals surface area contributed by atoms with Crippen LogP contribution in [0.5, 0.6) is 0 Å². The zero-order valence-corrected chi connectivity index (χ0v) is 14.3. The molecule has 2 rings (SSSR count). The first-order valence-electron chi connectivity index (χ1n) is 6.90. The number of aryl methyl sites for hydroxylation is 1. The van der Waals surface area contributed by atoms with Gasteiger partial charge in [0.05, 0.1) is 5.75 Å². The molecule has 2 aromatic rings. The van der Waals surface area contributed by atoms with Crippen LogP contribution in [0.25, 0.3) is 0 Å². The van der Waals surface area contributed by atoms with E-state index in [1.54, 1.807) is 16.8 Å². The molecule has 1 aromatic carbocycles. The largest absolute Gasteiger partial charge is 0.325 e. The van der Waals surface area contributed by atoms with E-state index in [0.717, 1.165) is 17.8 Å². The van der Waals surface area contributed by atoms with Crippen LogP contribution < -0.4 is 5.32 Å². The first-order valence-corrected chi connectivity index (χ1v) is 8.27. The lowest BCUT2D eigenvalue weighted by Gasteiger charge is -2.09. The Kier molecular flexibility index (Phi) is 5.79. The predicted octanol–water partition coefficient (Wildman–Crippen LogP) is 3.02. The van der Waals surface area contributed by atoms with Crippen LogP contribution in [0.15, 0.2) is 23.4 Å². The van der Waals surface area contributed by atoms with Crippen LogP contribution in [0.1, 0.15) is 19.4 Å². The standard InChI is InChI=1S/C14H18ClN5OS/c1-9(2)7-20-14(17-18-19-20)22-8-13(21)16-12-6-11(15)5-4-10(12)3/h4-6,9H,7-8H2,1-3H3,(H,16,21). The van der Waals surface area contributed by atoms with E-state index in [2.05, 4.69) is 34.7 Å². The smallest absolute Gasteiger partial charge is 0.234 e. The Balaban J connectivity index is 1.93. The van der Waals surface area contributed by atoms with Crippen molar-refractivity contribution in [1.29, 1.82) is 0 Å². The van der Waals surface area contributed by atoms with Crippen LogP contribution in [0.4, 0.5) is 5.69 Å². The van der Waals surface area contributed by atoms with Gasteiger partial charge in [-0.15, -0.1) is 5.10 Å². The first-order chi connectivity index (χ1) is 10.5. The minimum Gasteiger partial charge on any atom is -0.325 e. The number of amides is 1. The van der Waals surface area contributed by atoms with Crippen LogP contribution >= 0.6 is 23.4 Å². The fourth-order valence-corrected chi connectivity index (χ4v) is 2.66. The number of carbonyl (C=O) groups is 1. The van der Waals surface area contributed by atoms with Gasteiger partial charge in [0.25, 0.3) is 0 Å². The second kappa shape index (κ2) is 7.60. The maximum Gasteiger partial charge on any atom is 0.234 e. The van der Waals surface area contributed by atoms with E-state index >= 15 is 0 Å². The summed E-state index contributed by atoms with van der Waals surface area (Å²) in [6.07, 6.45) is 0. The van der Waals surface area contributed by atoms with Crippen molar-refractivity contribution in [3.8, 4) is 0 Å². The number of halogens is 1. The summed E-state index contributed by atoms with van der Waals surface area (Å²) in [6, 6.07) is 5.40. The molecule has 1 amide bonds. The third kappa shape index (κ3) is 4.71. The molecule has 0 unspecified atom stereocenters. The molecule has 0 fully saturated rings. The highest BCUT2D eigenvalue weighted by atomic mass is 35.5. The first kappa shape index (κ1) is 16.8. The number of nitrogens with one attached hydrogen (secondary N) is 1. The maximum atomic E-state index is 12.1. The summed E-state index contributed by atoms with van der Waals surface area (Å²) in [5.41, 5.74) is 1.69. The summed E-state index contributed by atoms with van der Waals surface area (Å²) in [7, 11) is 0. The molecule has 22 heavy (non-hydrogen) atoms. The van der Waals surface area contributed by atoms with Gasteiger partial charge >= 0.3 is 0 Å². The summed E-state index contributed by atoms with van der Waals surface area (Å²) >= 11 is 7.26. The normalized spacial score (nSPS) is 11.0. The van der Waals surface area contributed by atoms with Crippen molar-refractivity contribution in [2.75, 3.05) is 11.1 Å². The Morgan fingerprint density at radius 1 is 1.45 bits per heavy atom. The van der Waals surface area contributed by atoms with Crippen molar-refractivity contribution in [1.82, 2.24) is 20.2 Å². The zero-order valence-electron chi connectivity index (χ0n) is 12.7. The second-order valence-corrected chi connectivity index (χ2v) is 6.71. The van der Waals surface area contributed by atoms with Crippen LogP contribution in [-0.2, 0) is 11.3 Å². The molecule has 0 atom stereocenters.